The van der Waals surface area contributed by atoms with Crippen molar-refractivity contribution in [3.8, 4) is 0 Å². The Morgan fingerprint density at radius 1 is 1.50 bits per heavy atom. The maximum Gasteiger partial charge on any atom is 0.405 e. The van der Waals surface area contributed by atoms with E-state index < -0.39 is 11.6 Å². The molecule has 86 valence electrons. The molecule has 0 heterocycles. The zero-order valence-electron chi connectivity index (χ0n) is 8.46. The summed E-state index contributed by atoms with van der Waals surface area (Å²) in [6.45, 7) is 0. The van der Waals surface area contributed by atoms with Crippen molar-refractivity contribution in [2.75, 3.05) is 0 Å². The summed E-state index contributed by atoms with van der Waals surface area (Å²) in [5, 5.41) is 11.3. The lowest BCUT2D eigenvalue weighted by Crippen LogP contribution is -2.50. The maximum atomic E-state index is 13.1. The molecule has 0 saturated heterocycles. The molecule has 1 fully saturated rings. The Kier molecular flexibility index (Phi) is 2.88. The average molecular weight is 288 g/mol. The second kappa shape index (κ2) is 4.05. The lowest BCUT2D eigenvalue weighted by molar-refractivity contribution is 0.144. The van der Waals surface area contributed by atoms with Gasteiger partial charge in [0.1, 0.15) is 5.82 Å². The number of hydrogen-bond acceptors (Lipinski definition) is 1. The minimum absolute atomic E-state index is 0.339. The summed E-state index contributed by atoms with van der Waals surface area (Å²) in [7, 11) is 0. The van der Waals surface area contributed by atoms with Crippen LogP contribution in [-0.4, -0.2) is 11.2 Å². The summed E-state index contributed by atoms with van der Waals surface area (Å²) < 4.78 is 13.5. The summed E-state index contributed by atoms with van der Waals surface area (Å²) in [4.78, 5) is 10.7. The van der Waals surface area contributed by atoms with Crippen LogP contribution in [0.2, 0.25) is 0 Å². The molecule has 2 N–H and O–H groups in total. The van der Waals surface area contributed by atoms with Crippen molar-refractivity contribution in [2.45, 2.75) is 24.8 Å². The predicted octanol–water partition coefficient (Wildman–Crippen LogP) is 3.24. The Bertz CT molecular complexity index is 432. The van der Waals surface area contributed by atoms with Crippen LogP contribution >= 0.6 is 15.9 Å². The number of nitrogens with one attached hydrogen (secondary N) is 1. The molecular formula is C11H11BrFNO2. The van der Waals surface area contributed by atoms with Gasteiger partial charge >= 0.3 is 6.09 Å². The summed E-state index contributed by atoms with van der Waals surface area (Å²) in [6, 6.07) is 4.63. The fourth-order valence-electron chi connectivity index (χ4n) is 2.01. The predicted molar refractivity (Wildman–Crippen MR) is 60.8 cm³/mol. The third kappa shape index (κ3) is 1.91. The standard InChI is InChI=1S/C11H11BrFNO2/c12-8-6-7(2-3-9(8)13)11(4-1-5-11)14-10(15)16/h2-3,6,14H,1,4-5H2,(H,15,16). The Labute approximate surface area is 101 Å². The number of carbonyl (C=O) groups is 1. The van der Waals surface area contributed by atoms with Crippen LogP contribution in [0.3, 0.4) is 0 Å². The minimum atomic E-state index is -1.04. The Morgan fingerprint density at radius 2 is 2.19 bits per heavy atom. The highest BCUT2D eigenvalue weighted by molar-refractivity contribution is 9.10. The van der Waals surface area contributed by atoms with Crippen molar-refractivity contribution in [1.29, 1.82) is 0 Å². The normalized spacial score (nSPS) is 17.6. The zero-order chi connectivity index (χ0) is 11.8. The van der Waals surface area contributed by atoms with Crippen LogP contribution < -0.4 is 5.32 Å². The van der Waals surface area contributed by atoms with Crippen LogP contribution in [0.15, 0.2) is 22.7 Å². The van der Waals surface area contributed by atoms with Crippen molar-refractivity contribution < 1.29 is 14.3 Å². The maximum absolute atomic E-state index is 13.1. The zero-order valence-corrected chi connectivity index (χ0v) is 10.1. The molecule has 0 spiro atoms. The van der Waals surface area contributed by atoms with E-state index in [1.807, 2.05) is 0 Å². The van der Waals surface area contributed by atoms with Crippen molar-refractivity contribution in [1.82, 2.24) is 5.32 Å². The van der Waals surface area contributed by atoms with Gasteiger partial charge in [-0.05, 0) is 52.9 Å². The molecule has 1 aliphatic rings. The van der Waals surface area contributed by atoms with E-state index in [9.17, 15) is 9.18 Å². The van der Waals surface area contributed by atoms with Gasteiger partial charge in [-0.1, -0.05) is 6.07 Å². The fourth-order valence-corrected chi connectivity index (χ4v) is 2.39. The highest BCUT2D eigenvalue weighted by atomic mass is 79.9. The molecule has 1 saturated carbocycles. The van der Waals surface area contributed by atoms with E-state index >= 15 is 0 Å². The first-order valence-corrected chi connectivity index (χ1v) is 5.79. The lowest BCUT2D eigenvalue weighted by Gasteiger charge is -2.42. The Hall–Kier alpha value is -1.10. The van der Waals surface area contributed by atoms with Crippen LogP contribution in [0.4, 0.5) is 9.18 Å². The second-order valence-corrected chi connectivity index (χ2v) is 4.85. The first-order chi connectivity index (χ1) is 7.53. The van der Waals surface area contributed by atoms with Gasteiger partial charge in [-0.25, -0.2) is 9.18 Å². The average Bonchev–Trinajstić information content (AvgIpc) is 2.16. The molecule has 0 atom stereocenters. The van der Waals surface area contributed by atoms with Gasteiger partial charge in [-0.15, -0.1) is 0 Å². The molecule has 2 rings (SSSR count). The van der Waals surface area contributed by atoms with E-state index in [2.05, 4.69) is 21.2 Å². The summed E-state index contributed by atoms with van der Waals surface area (Å²) in [5.74, 6) is -0.339. The van der Waals surface area contributed by atoms with E-state index in [0.29, 0.717) is 4.47 Å². The topological polar surface area (TPSA) is 49.3 Å². The van der Waals surface area contributed by atoms with Crippen molar-refractivity contribution in [3.05, 3.63) is 34.1 Å². The van der Waals surface area contributed by atoms with Gasteiger partial charge < -0.3 is 10.4 Å². The third-order valence-electron chi connectivity index (χ3n) is 3.03. The quantitative estimate of drug-likeness (QED) is 0.877. The van der Waals surface area contributed by atoms with Crippen LogP contribution in [0.1, 0.15) is 24.8 Å². The van der Waals surface area contributed by atoms with Gasteiger partial charge in [-0.2, -0.15) is 0 Å². The Morgan fingerprint density at radius 3 is 2.62 bits per heavy atom. The summed E-state index contributed by atoms with van der Waals surface area (Å²) in [6.07, 6.45) is 1.46. The second-order valence-electron chi connectivity index (χ2n) is 3.99. The van der Waals surface area contributed by atoms with Crippen LogP contribution in [0.5, 0.6) is 0 Å². The number of benzene rings is 1. The van der Waals surface area contributed by atoms with E-state index in [0.717, 1.165) is 24.8 Å². The molecule has 0 unspecified atom stereocenters. The molecule has 5 heteroatoms. The fraction of sp³-hybridized carbons (Fsp3) is 0.364. The number of halogens is 2. The first kappa shape index (κ1) is 11.4. The van der Waals surface area contributed by atoms with Gasteiger partial charge in [0.25, 0.3) is 0 Å². The molecular weight excluding hydrogens is 277 g/mol. The highest BCUT2D eigenvalue weighted by Crippen LogP contribution is 2.42. The van der Waals surface area contributed by atoms with Gasteiger partial charge in [0, 0.05) is 0 Å². The molecule has 3 nitrogen and oxygen atoms in total. The molecule has 0 radical (unpaired) electrons. The van der Waals surface area contributed by atoms with E-state index in [1.165, 1.54) is 6.07 Å². The molecule has 16 heavy (non-hydrogen) atoms. The van der Waals surface area contributed by atoms with Gasteiger partial charge in [-0.3, -0.25) is 0 Å². The number of amides is 1. The van der Waals surface area contributed by atoms with E-state index in [1.54, 1.807) is 12.1 Å². The SMILES string of the molecule is O=C(O)NC1(c2ccc(F)c(Br)c2)CCC1. The molecule has 1 aromatic rings. The van der Waals surface area contributed by atoms with Crippen molar-refractivity contribution in [2.24, 2.45) is 0 Å². The molecule has 0 aliphatic heterocycles. The third-order valence-corrected chi connectivity index (χ3v) is 3.63. The minimum Gasteiger partial charge on any atom is -0.465 e. The van der Waals surface area contributed by atoms with Crippen LogP contribution in [-0.2, 0) is 5.54 Å². The Balaban J connectivity index is 2.33. The number of rotatable bonds is 2. The largest absolute Gasteiger partial charge is 0.465 e. The van der Waals surface area contributed by atoms with Gasteiger partial charge in [0.05, 0.1) is 10.0 Å². The molecule has 1 aliphatic carbocycles. The number of carboxylic acid groups (broad SMARTS) is 1. The molecule has 0 bridgehead atoms. The van der Waals surface area contributed by atoms with Gasteiger partial charge in [0.15, 0.2) is 0 Å². The smallest absolute Gasteiger partial charge is 0.405 e. The lowest BCUT2D eigenvalue weighted by atomic mass is 9.72. The molecule has 1 aromatic carbocycles. The van der Waals surface area contributed by atoms with Crippen LogP contribution in [0, 0.1) is 5.82 Å². The number of hydrogen-bond donors (Lipinski definition) is 2. The van der Waals surface area contributed by atoms with Crippen molar-refractivity contribution in [3.63, 3.8) is 0 Å². The first-order valence-electron chi connectivity index (χ1n) is 5.00. The summed E-state index contributed by atoms with van der Waals surface area (Å²) in [5.41, 5.74) is 0.289. The van der Waals surface area contributed by atoms with E-state index in [-0.39, 0.29) is 5.82 Å². The monoisotopic (exact) mass is 287 g/mol. The van der Waals surface area contributed by atoms with Gasteiger partial charge in [0.2, 0.25) is 0 Å². The molecule has 0 aromatic heterocycles. The highest BCUT2D eigenvalue weighted by Gasteiger charge is 2.40. The molecule has 1 amide bonds. The summed E-state index contributed by atoms with van der Waals surface area (Å²) >= 11 is 3.11. The van der Waals surface area contributed by atoms with Crippen molar-refractivity contribution >= 4 is 22.0 Å². The van der Waals surface area contributed by atoms with Crippen LogP contribution in [0.25, 0.3) is 0 Å². The van der Waals surface area contributed by atoms with E-state index in [4.69, 9.17) is 5.11 Å².